The fraction of sp³-hybridized carbons (Fsp3) is 0.286. The van der Waals surface area contributed by atoms with Crippen molar-refractivity contribution in [3.8, 4) is 0 Å². The molecule has 0 bridgehead atoms. The van der Waals surface area contributed by atoms with Crippen LogP contribution in [0.3, 0.4) is 0 Å². The zero-order chi connectivity index (χ0) is 23.9. The van der Waals surface area contributed by atoms with Crippen molar-refractivity contribution >= 4 is 23.6 Å². The van der Waals surface area contributed by atoms with E-state index in [1.807, 2.05) is 26.0 Å². The molecule has 1 fully saturated rings. The van der Waals surface area contributed by atoms with Crippen LogP contribution < -0.4 is 15.5 Å². The van der Waals surface area contributed by atoms with Gasteiger partial charge in [0.2, 0.25) is 0 Å². The third-order valence-corrected chi connectivity index (χ3v) is 6.06. The molecule has 0 spiro atoms. The minimum atomic E-state index is -0.384. The van der Waals surface area contributed by atoms with Crippen molar-refractivity contribution in [1.82, 2.24) is 10.6 Å². The molecule has 6 heteroatoms. The summed E-state index contributed by atoms with van der Waals surface area (Å²) in [5.41, 5.74) is 3.79. The van der Waals surface area contributed by atoms with Crippen LogP contribution in [-0.2, 0) is 4.79 Å². The summed E-state index contributed by atoms with van der Waals surface area (Å²) in [5, 5.41) is 5.75. The number of carbonyl (C=O) groups is 2. The van der Waals surface area contributed by atoms with E-state index in [4.69, 9.17) is 4.42 Å². The van der Waals surface area contributed by atoms with E-state index in [1.165, 1.54) is 37.3 Å². The number of hydrogen-bond donors (Lipinski definition) is 2. The number of rotatable bonds is 7. The number of carbonyl (C=O) groups excluding carboxylic acids is 2. The van der Waals surface area contributed by atoms with Crippen molar-refractivity contribution in [2.45, 2.75) is 39.2 Å². The summed E-state index contributed by atoms with van der Waals surface area (Å²) < 4.78 is 5.37. The maximum absolute atomic E-state index is 13.2. The lowest BCUT2D eigenvalue weighted by Crippen LogP contribution is -2.36. The minimum Gasteiger partial charge on any atom is -0.465 e. The van der Waals surface area contributed by atoms with Gasteiger partial charge in [-0.3, -0.25) is 9.59 Å². The first-order valence-electron chi connectivity index (χ1n) is 11.8. The molecule has 0 aliphatic carbocycles. The predicted molar refractivity (Wildman–Crippen MR) is 134 cm³/mol. The smallest absolute Gasteiger partial charge is 0.268 e. The first kappa shape index (κ1) is 23.4. The van der Waals surface area contributed by atoms with Crippen LogP contribution in [0.4, 0.5) is 5.69 Å². The molecule has 3 aromatic rings. The number of nitrogens with zero attached hydrogens (tertiary/aromatic N) is 1. The van der Waals surface area contributed by atoms with Gasteiger partial charge >= 0.3 is 0 Å². The fourth-order valence-corrected chi connectivity index (χ4v) is 4.14. The van der Waals surface area contributed by atoms with Gasteiger partial charge in [0, 0.05) is 30.4 Å². The zero-order valence-electron chi connectivity index (χ0n) is 19.7. The van der Waals surface area contributed by atoms with Crippen LogP contribution in [-0.4, -0.2) is 24.9 Å². The summed E-state index contributed by atoms with van der Waals surface area (Å²) in [6.07, 6.45) is 6.82. The lowest BCUT2D eigenvalue weighted by atomic mass is 10.1. The molecular formula is C28H31N3O3. The monoisotopic (exact) mass is 457 g/mol. The molecule has 0 radical (unpaired) electrons. The molecule has 176 valence electrons. The molecule has 0 saturated carbocycles. The lowest BCUT2D eigenvalue weighted by molar-refractivity contribution is -0.118. The Morgan fingerprint density at radius 2 is 1.76 bits per heavy atom. The highest BCUT2D eigenvalue weighted by molar-refractivity contribution is 6.05. The van der Waals surface area contributed by atoms with Crippen LogP contribution in [0.5, 0.6) is 0 Å². The van der Waals surface area contributed by atoms with Crippen LogP contribution in [0.2, 0.25) is 0 Å². The molecule has 1 aliphatic rings. The van der Waals surface area contributed by atoms with Gasteiger partial charge in [-0.05, 0) is 75.1 Å². The van der Waals surface area contributed by atoms with Gasteiger partial charge in [-0.25, -0.2) is 0 Å². The van der Waals surface area contributed by atoms with Gasteiger partial charge in [0.15, 0.2) is 0 Å². The highest BCUT2D eigenvalue weighted by atomic mass is 16.3. The minimum absolute atomic E-state index is 0.123. The lowest BCUT2D eigenvalue weighted by Gasteiger charge is -2.29. The highest BCUT2D eigenvalue weighted by Crippen LogP contribution is 2.22. The number of furan rings is 1. The SMILES string of the molecule is Cc1cccc(C(=O)N/C(=C\c2ccco2)C(=O)N[C@H](C)c2ccc(N3CCCCC3)cc2)c1. The maximum Gasteiger partial charge on any atom is 0.268 e. The van der Waals surface area contributed by atoms with Crippen LogP contribution in [0.15, 0.2) is 77.0 Å². The molecule has 1 atom stereocenters. The third kappa shape index (κ3) is 5.95. The molecule has 0 unspecified atom stereocenters. The molecule has 2 N–H and O–H groups in total. The third-order valence-electron chi connectivity index (χ3n) is 6.06. The number of nitrogens with one attached hydrogen (secondary N) is 2. The average Bonchev–Trinajstić information content (AvgIpc) is 3.37. The average molecular weight is 458 g/mol. The van der Waals surface area contributed by atoms with Gasteiger partial charge < -0.3 is 20.0 Å². The Kier molecular flexibility index (Phi) is 7.48. The second-order valence-electron chi connectivity index (χ2n) is 8.73. The summed E-state index contributed by atoms with van der Waals surface area (Å²) in [4.78, 5) is 28.4. The number of piperidine rings is 1. The van der Waals surface area contributed by atoms with Gasteiger partial charge in [-0.15, -0.1) is 0 Å². The summed E-state index contributed by atoms with van der Waals surface area (Å²) in [6, 6.07) is 18.8. The first-order valence-corrected chi connectivity index (χ1v) is 11.8. The number of aryl methyl sites for hydroxylation is 1. The van der Waals surface area contributed by atoms with E-state index >= 15 is 0 Å². The van der Waals surface area contributed by atoms with E-state index in [2.05, 4.69) is 39.8 Å². The van der Waals surface area contributed by atoms with Crippen LogP contribution >= 0.6 is 0 Å². The van der Waals surface area contributed by atoms with E-state index in [1.54, 1.807) is 24.3 Å². The van der Waals surface area contributed by atoms with Crippen molar-refractivity contribution in [3.63, 3.8) is 0 Å². The predicted octanol–water partition coefficient (Wildman–Crippen LogP) is 5.23. The highest BCUT2D eigenvalue weighted by Gasteiger charge is 2.18. The maximum atomic E-state index is 13.2. The van der Waals surface area contributed by atoms with Crippen molar-refractivity contribution in [3.05, 3.63) is 95.1 Å². The Morgan fingerprint density at radius 1 is 1.00 bits per heavy atom. The van der Waals surface area contributed by atoms with Crippen LogP contribution in [0.1, 0.15) is 59.5 Å². The molecule has 2 amide bonds. The molecular weight excluding hydrogens is 426 g/mol. The topological polar surface area (TPSA) is 74.6 Å². The molecule has 2 aromatic carbocycles. The first-order chi connectivity index (χ1) is 16.5. The van der Waals surface area contributed by atoms with Gasteiger partial charge in [0.1, 0.15) is 11.5 Å². The van der Waals surface area contributed by atoms with Crippen molar-refractivity contribution in [2.24, 2.45) is 0 Å². The Hall–Kier alpha value is -3.80. The quantitative estimate of drug-likeness (QED) is 0.477. The van der Waals surface area contributed by atoms with Gasteiger partial charge in [0.25, 0.3) is 11.8 Å². The molecule has 1 aromatic heterocycles. The normalized spacial score (nSPS) is 15.0. The number of anilines is 1. The van der Waals surface area contributed by atoms with E-state index in [-0.39, 0.29) is 23.6 Å². The van der Waals surface area contributed by atoms with E-state index < -0.39 is 0 Å². The van der Waals surface area contributed by atoms with Crippen molar-refractivity contribution < 1.29 is 14.0 Å². The second kappa shape index (κ2) is 10.9. The van der Waals surface area contributed by atoms with Crippen molar-refractivity contribution in [1.29, 1.82) is 0 Å². The van der Waals surface area contributed by atoms with Crippen LogP contribution in [0.25, 0.3) is 6.08 Å². The number of benzene rings is 2. The Bertz CT molecular complexity index is 1140. The number of amides is 2. The van der Waals surface area contributed by atoms with E-state index in [0.29, 0.717) is 11.3 Å². The summed E-state index contributed by atoms with van der Waals surface area (Å²) in [6.45, 7) is 6.03. The summed E-state index contributed by atoms with van der Waals surface area (Å²) in [7, 11) is 0. The van der Waals surface area contributed by atoms with E-state index in [9.17, 15) is 9.59 Å². The Morgan fingerprint density at radius 3 is 2.44 bits per heavy atom. The fourth-order valence-electron chi connectivity index (χ4n) is 4.14. The molecule has 6 nitrogen and oxygen atoms in total. The molecule has 34 heavy (non-hydrogen) atoms. The van der Waals surface area contributed by atoms with Crippen molar-refractivity contribution in [2.75, 3.05) is 18.0 Å². The van der Waals surface area contributed by atoms with Crippen LogP contribution in [0, 0.1) is 6.92 Å². The molecule has 2 heterocycles. The Labute approximate surface area is 200 Å². The second-order valence-corrected chi connectivity index (χ2v) is 8.73. The summed E-state index contributed by atoms with van der Waals surface area (Å²) >= 11 is 0. The molecule has 4 rings (SSSR count). The molecule has 1 saturated heterocycles. The molecule has 1 aliphatic heterocycles. The Balaban J connectivity index is 1.47. The number of hydrogen-bond acceptors (Lipinski definition) is 4. The van der Waals surface area contributed by atoms with Gasteiger partial charge in [-0.1, -0.05) is 29.8 Å². The largest absolute Gasteiger partial charge is 0.465 e. The van der Waals surface area contributed by atoms with Gasteiger partial charge in [-0.2, -0.15) is 0 Å². The zero-order valence-corrected chi connectivity index (χ0v) is 19.7. The standard InChI is InChI=1S/C28H31N3O3/c1-20-8-6-9-23(18-20)27(32)30-26(19-25-10-7-17-34-25)28(33)29-21(2)22-11-13-24(14-12-22)31-15-4-3-5-16-31/h6-14,17-19,21H,3-5,15-16H2,1-2H3,(H,29,33)(H,30,32)/b26-19-/t21-/m1/s1. The summed E-state index contributed by atoms with van der Waals surface area (Å²) in [5.74, 6) is -0.256. The van der Waals surface area contributed by atoms with E-state index in [0.717, 1.165) is 24.2 Å². The van der Waals surface area contributed by atoms with Gasteiger partial charge in [0.05, 0.1) is 12.3 Å².